The first kappa shape index (κ1) is 29.3. The molecule has 1 N–H and O–H groups in total. The van der Waals surface area contributed by atoms with Gasteiger partial charge in [0.25, 0.3) is 10.0 Å². The summed E-state index contributed by atoms with van der Waals surface area (Å²) in [5.41, 5.74) is -1.34. The van der Waals surface area contributed by atoms with Crippen LogP contribution in [0.25, 0.3) is 11.6 Å². The summed E-state index contributed by atoms with van der Waals surface area (Å²) in [6.45, 7) is 1.02. The number of aliphatic carboxylic acids is 1. The van der Waals surface area contributed by atoms with Crippen molar-refractivity contribution in [1.29, 1.82) is 0 Å². The summed E-state index contributed by atoms with van der Waals surface area (Å²) in [7, 11) is -4.67. The number of carboxylic acids is 1. The zero-order valence-corrected chi connectivity index (χ0v) is 22.2. The topological polar surface area (TPSA) is 83.9 Å². The number of carbonyl (C=O) groups is 1. The lowest BCUT2D eigenvalue weighted by atomic mass is 10.0. The van der Waals surface area contributed by atoms with Gasteiger partial charge in [0.05, 0.1) is 27.7 Å². The van der Waals surface area contributed by atoms with E-state index in [1.807, 2.05) is 0 Å². The number of allylic oxidation sites excluding steroid dienone is 1. The third-order valence-corrected chi connectivity index (χ3v) is 8.26. The second-order valence-electron chi connectivity index (χ2n) is 9.00. The van der Waals surface area contributed by atoms with Gasteiger partial charge in [-0.3, -0.25) is 9.10 Å². The molecule has 0 aromatic heterocycles. The van der Waals surface area contributed by atoms with Crippen LogP contribution in [0.3, 0.4) is 0 Å². The maximum Gasteiger partial charge on any atom is 0.416 e. The maximum absolute atomic E-state index is 15.2. The van der Waals surface area contributed by atoms with Crippen LogP contribution in [0.4, 0.5) is 27.6 Å². The molecular formula is C27H21ClF5NO5S. The van der Waals surface area contributed by atoms with Gasteiger partial charge in [0, 0.05) is 23.6 Å². The van der Waals surface area contributed by atoms with Crippen molar-refractivity contribution in [1.82, 2.24) is 0 Å². The van der Waals surface area contributed by atoms with Crippen molar-refractivity contribution < 1.29 is 45.0 Å². The molecule has 0 aliphatic carbocycles. The lowest BCUT2D eigenvalue weighted by molar-refractivity contribution is -0.138. The van der Waals surface area contributed by atoms with Crippen LogP contribution in [0.1, 0.15) is 36.5 Å². The van der Waals surface area contributed by atoms with Crippen LogP contribution in [0.15, 0.2) is 59.5 Å². The number of halogens is 6. The molecule has 6 nitrogen and oxygen atoms in total. The largest absolute Gasteiger partial charge is 0.486 e. The van der Waals surface area contributed by atoms with Crippen molar-refractivity contribution in [2.45, 2.75) is 36.9 Å². The standard InChI is InChI=1S/C27H21ClF5NO5S/c1-15(26-20(28)6-3-7-21(26)29)10-16-11-23-24(13-22(16)30)39-18(8-9-25(35)36)14-34(23)40(37,38)19-5-2-4-17(12-19)27(31,32)33/h2-7,10-13,18H,8-9,14H2,1H3,(H,35,36)/b15-10+/t18-/m0/s1. The van der Waals surface area contributed by atoms with Gasteiger partial charge in [-0.2, -0.15) is 13.2 Å². The Morgan fingerprint density at radius 2 is 1.82 bits per heavy atom. The number of fused-ring (bicyclic) bond motifs is 1. The Kier molecular flexibility index (Phi) is 8.13. The number of hydrogen-bond donors (Lipinski definition) is 1. The Balaban J connectivity index is 1.84. The van der Waals surface area contributed by atoms with E-state index in [1.54, 1.807) is 0 Å². The van der Waals surface area contributed by atoms with E-state index in [0.29, 0.717) is 6.07 Å². The van der Waals surface area contributed by atoms with E-state index in [-0.39, 0.29) is 39.6 Å². The fourth-order valence-electron chi connectivity index (χ4n) is 4.26. The Morgan fingerprint density at radius 3 is 2.48 bits per heavy atom. The minimum Gasteiger partial charge on any atom is -0.486 e. The van der Waals surface area contributed by atoms with E-state index in [4.69, 9.17) is 21.4 Å². The van der Waals surface area contributed by atoms with E-state index < -0.39 is 63.3 Å². The third kappa shape index (κ3) is 6.07. The van der Waals surface area contributed by atoms with Crippen LogP contribution in [-0.2, 0) is 21.0 Å². The van der Waals surface area contributed by atoms with Crippen LogP contribution in [0, 0.1) is 11.6 Å². The van der Waals surface area contributed by atoms with E-state index in [2.05, 4.69) is 0 Å². The molecule has 1 aliphatic rings. The van der Waals surface area contributed by atoms with E-state index in [9.17, 15) is 30.8 Å². The fourth-order valence-corrected chi connectivity index (χ4v) is 6.12. The van der Waals surface area contributed by atoms with Gasteiger partial charge in [0.15, 0.2) is 0 Å². The highest BCUT2D eigenvalue weighted by molar-refractivity contribution is 7.92. The first-order chi connectivity index (χ1) is 18.7. The molecule has 212 valence electrons. The number of anilines is 1. The number of ether oxygens (including phenoxy) is 1. The average Bonchev–Trinajstić information content (AvgIpc) is 2.87. The number of hydrogen-bond acceptors (Lipinski definition) is 4. The summed E-state index contributed by atoms with van der Waals surface area (Å²) in [6, 6.07) is 9.12. The van der Waals surface area contributed by atoms with Gasteiger partial charge in [0.1, 0.15) is 23.5 Å². The zero-order chi connectivity index (χ0) is 29.4. The predicted molar refractivity (Wildman–Crippen MR) is 139 cm³/mol. The Bertz CT molecular complexity index is 1590. The van der Waals surface area contributed by atoms with Crippen molar-refractivity contribution >= 4 is 44.9 Å². The lowest BCUT2D eigenvalue weighted by Gasteiger charge is -2.35. The van der Waals surface area contributed by atoms with E-state index >= 15 is 4.39 Å². The van der Waals surface area contributed by atoms with E-state index in [0.717, 1.165) is 40.7 Å². The van der Waals surface area contributed by atoms with Crippen LogP contribution < -0.4 is 9.04 Å². The molecule has 0 saturated carbocycles. The van der Waals surface area contributed by atoms with Gasteiger partial charge in [-0.1, -0.05) is 23.7 Å². The molecule has 0 spiro atoms. The summed E-state index contributed by atoms with van der Waals surface area (Å²) < 4.78 is 103. The molecule has 3 aromatic carbocycles. The summed E-state index contributed by atoms with van der Waals surface area (Å²) in [5.74, 6) is -2.98. The number of rotatable bonds is 7. The first-order valence-corrected chi connectivity index (χ1v) is 13.5. The van der Waals surface area contributed by atoms with E-state index in [1.165, 1.54) is 25.1 Å². The fraction of sp³-hybridized carbons (Fsp3) is 0.222. The SMILES string of the molecule is C/C(=C\c1cc2c(cc1F)O[C@@H](CCC(=O)O)CN2S(=O)(=O)c1cccc(C(F)(F)F)c1)c1c(F)cccc1Cl. The normalized spacial score (nSPS) is 15.9. The Morgan fingerprint density at radius 1 is 1.12 bits per heavy atom. The molecule has 4 rings (SSSR count). The predicted octanol–water partition coefficient (Wildman–Crippen LogP) is 7.02. The molecular weight excluding hydrogens is 581 g/mol. The molecule has 0 bridgehead atoms. The van der Waals surface area contributed by atoms with Gasteiger partial charge in [0.2, 0.25) is 0 Å². The highest BCUT2D eigenvalue weighted by Crippen LogP contribution is 2.41. The van der Waals surface area contributed by atoms with Crippen molar-refractivity contribution in [3.05, 3.63) is 87.9 Å². The van der Waals surface area contributed by atoms with Gasteiger partial charge in [-0.15, -0.1) is 0 Å². The monoisotopic (exact) mass is 601 g/mol. The van der Waals surface area contributed by atoms with Crippen molar-refractivity contribution in [3.63, 3.8) is 0 Å². The summed E-state index contributed by atoms with van der Waals surface area (Å²) in [5, 5.41) is 9.11. The molecule has 13 heteroatoms. The second-order valence-corrected chi connectivity index (χ2v) is 11.3. The number of benzene rings is 3. The molecule has 1 atom stereocenters. The summed E-state index contributed by atoms with van der Waals surface area (Å²) in [4.78, 5) is 10.4. The van der Waals surface area contributed by atoms with Crippen LogP contribution >= 0.6 is 11.6 Å². The third-order valence-electron chi connectivity index (χ3n) is 6.17. The van der Waals surface area contributed by atoms with Gasteiger partial charge in [-0.25, -0.2) is 17.2 Å². The van der Waals surface area contributed by atoms with Crippen molar-refractivity contribution in [2.24, 2.45) is 0 Å². The number of alkyl halides is 3. The maximum atomic E-state index is 15.2. The van der Waals surface area contributed by atoms with Crippen LogP contribution in [0.2, 0.25) is 5.02 Å². The van der Waals surface area contributed by atoms with Crippen molar-refractivity contribution in [2.75, 3.05) is 10.8 Å². The zero-order valence-electron chi connectivity index (χ0n) is 20.7. The minimum absolute atomic E-state index is 0.000264. The van der Waals surface area contributed by atoms with Crippen molar-refractivity contribution in [3.8, 4) is 5.75 Å². The van der Waals surface area contributed by atoms with Crippen LogP contribution in [-0.4, -0.2) is 32.1 Å². The molecule has 0 amide bonds. The number of nitrogens with zero attached hydrogens (tertiary/aromatic N) is 1. The van der Waals surface area contributed by atoms with Gasteiger partial charge < -0.3 is 9.84 Å². The smallest absolute Gasteiger partial charge is 0.416 e. The highest BCUT2D eigenvalue weighted by atomic mass is 35.5. The number of sulfonamides is 1. The van der Waals surface area contributed by atoms with Gasteiger partial charge >= 0.3 is 12.1 Å². The molecule has 40 heavy (non-hydrogen) atoms. The molecule has 0 unspecified atom stereocenters. The molecule has 0 fully saturated rings. The minimum atomic E-state index is -4.81. The second kappa shape index (κ2) is 11.1. The highest BCUT2D eigenvalue weighted by Gasteiger charge is 2.37. The Hall–Kier alpha value is -3.64. The molecule has 0 radical (unpaired) electrons. The molecule has 1 aliphatic heterocycles. The average molecular weight is 602 g/mol. The molecule has 3 aromatic rings. The summed E-state index contributed by atoms with van der Waals surface area (Å²) >= 11 is 6.11. The first-order valence-electron chi connectivity index (χ1n) is 11.7. The Labute approximate surface area is 231 Å². The quantitative estimate of drug-likeness (QED) is 0.232. The summed E-state index contributed by atoms with van der Waals surface area (Å²) in [6.07, 6.45) is -5.17. The molecule has 0 saturated heterocycles. The number of carboxylic acid groups (broad SMARTS) is 1. The van der Waals surface area contributed by atoms with Gasteiger partial charge in [-0.05, 0) is 61.4 Å². The lowest BCUT2D eigenvalue weighted by Crippen LogP contribution is -2.43. The van der Waals surface area contributed by atoms with Crippen LogP contribution in [0.5, 0.6) is 5.75 Å². The molecule has 1 heterocycles.